The number of nitrogens with one attached hydrogen (secondary N) is 1. The van der Waals surface area contributed by atoms with Crippen molar-refractivity contribution in [1.82, 2.24) is 5.32 Å². The summed E-state index contributed by atoms with van der Waals surface area (Å²) >= 11 is 0. The first-order chi connectivity index (χ1) is 9.11. The maximum atomic E-state index is 3.75. The van der Waals surface area contributed by atoms with Gasteiger partial charge >= 0.3 is 0 Å². The molecule has 0 amide bonds. The Hall–Kier alpha value is -0.820. The molecule has 1 heteroatoms. The summed E-state index contributed by atoms with van der Waals surface area (Å²) in [6.45, 7) is 9.40. The van der Waals surface area contributed by atoms with Crippen molar-refractivity contribution in [3.05, 3.63) is 35.9 Å². The van der Waals surface area contributed by atoms with Gasteiger partial charge in [0.2, 0.25) is 0 Å². The van der Waals surface area contributed by atoms with Crippen LogP contribution in [0.3, 0.4) is 0 Å². The summed E-state index contributed by atoms with van der Waals surface area (Å²) in [6, 6.07) is 11.0. The highest BCUT2D eigenvalue weighted by molar-refractivity contribution is 5.20. The lowest BCUT2D eigenvalue weighted by molar-refractivity contribution is 0.305. The zero-order chi connectivity index (χ0) is 13.7. The average molecular weight is 259 g/mol. The summed E-state index contributed by atoms with van der Waals surface area (Å²) in [5.41, 5.74) is 2.03. The van der Waals surface area contributed by atoms with Gasteiger partial charge in [-0.1, -0.05) is 63.9 Å². The quantitative estimate of drug-likeness (QED) is 0.787. The monoisotopic (exact) mass is 259 g/mol. The molecule has 19 heavy (non-hydrogen) atoms. The van der Waals surface area contributed by atoms with Gasteiger partial charge < -0.3 is 5.32 Å². The second-order valence-electron chi connectivity index (χ2n) is 6.91. The maximum Gasteiger partial charge on any atom is 0.00228 e. The van der Waals surface area contributed by atoms with E-state index in [9.17, 15) is 0 Å². The van der Waals surface area contributed by atoms with Crippen LogP contribution in [0.25, 0.3) is 0 Å². The molecule has 2 rings (SSSR count). The van der Waals surface area contributed by atoms with Gasteiger partial charge in [0, 0.05) is 13.1 Å². The van der Waals surface area contributed by atoms with Gasteiger partial charge in [0.15, 0.2) is 0 Å². The minimum atomic E-state index is 0.554. The van der Waals surface area contributed by atoms with Crippen LogP contribution in [0.5, 0.6) is 0 Å². The molecule has 1 unspecified atom stereocenters. The van der Waals surface area contributed by atoms with Gasteiger partial charge in [0.25, 0.3) is 0 Å². The molecule has 1 atom stereocenters. The molecular weight excluding hydrogens is 230 g/mol. The molecule has 1 saturated carbocycles. The molecule has 1 N–H and O–H groups in total. The van der Waals surface area contributed by atoms with Crippen LogP contribution >= 0.6 is 0 Å². The van der Waals surface area contributed by atoms with Crippen molar-refractivity contribution in [2.75, 3.05) is 13.1 Å². The number of hydrogen-bond acceptors (Lipinski definition) is 1. The normalized spacial score (nSPS) is 19.8. The predicted octanol–water partition coefficient (Wildman–Crippen LogP) is 4.60. The van der Waals surface area contributed by atoms with E-state index in [0.29, 0.717) is 17.3 Å². The van der Waals surface area contributed by atoms with Gasteiger partial charge in [-0.05, 0) is 35.7 Å². The lowest BCUT2D eigenvalue weighted by Gasteiger charge is -2.27. The molecule has 0 saturated heterocycles. The number of rotatable bonds is 6. The molecule has 1 aromatic carbocycles. The van der Waals surface area contributed by atoms with Crippen LogP contribution in [0.2, 0.25) is 0 Å². The summed E-state index contributed by atoms with van der Waals surface area (Å²) < 4.78 is 0. The lowest BCUT2D eigenvalue weighted by Crippen LogP contribution is -2.33. The van der Waals surface area contributed by atoms with E-state index in [1.165, 1.54) is 37.8 Å². The lowest BCUT2D eigenvalue weighted by atomic mass is 9.86. The van der Waals surface area contributed by atoms with E-state index in [2.05, 4.69) is 56.4 Å². The highest BCUT2D eigenvalue weighted by Crippen LogP contribution is 2.36. The summed E-state index contributed by atoms with van der Waals surface area (Å²) in [4.78, 5) is 0. The molecular formula is C18H29N. The van der Waals surface area contributed by atoms with Gasteiger partial charge in [0.1, 0.15) is 0 Å². The molecule has 0 radical (unpaired) electrons. The Balaban J connectivity index is 1.88. The van der Waals surface area contributed by atoms with Crippen molar-refractivity contribution in [1.29, 1.82) is 0 Å². The van der Waals surface area contributed by atoms with E-state index < -0.39 is 0 Å². The Bertz CT molecular complexity index is 363. The summed E-state index contributed by atoms with van der Waals surface area (Å²) in [5, 5.41) is 3.75. The second-order valence-corrected chi connectivity index (χ2v) is 6.91. The molecule has 0 heterocycles. The number of hydrogen-bond donors (Lipinski definition) is 1. The fourth-order valence-electron chi connectivity index (χ4n) is 3.37. The van der Waals surface area contributed by atoms with Crippen LogP contribution < -0.4 is 5.32 Å². The van der Waals surface area contributed by atoms with Gasteiger partial charge in [0.05, 0.1) is 0 Å². The molecule has 1 aliphatic rings. The second kappa shape index (κ2) is 6.56. The van der Waals surface area contributed by atoms with Crippen LogP contribution in [0, 0.1) is 11.3 Å². The maximum absolute atomic E-state index is 3.75. The zero-order valence-corrected chi connectivity index (χ0v) is 12.8. The van der Waals surface area contributed by atoms with E-state index in [4.69, 9.17) is 0 Å². The van der Waals surface area contributed by atoms with Crippen molar-refractivity contribution < 1.29 is 0 Å². The summed E-state index contributed by atoms with van der Waals surface area (Å²) in [6.07, 6.45) is 5.64. The molecule has 0 aromatic heterocycles. The Kier molecular flexibility index (Phi) is 5.04. The summed E-state index contributed by atoms with van der Waals surface area (Å²) in [7, 11) is 0. The standard InChI is InChI=1S/C18H29N/c1-15(2)17(16-9-5-4-6-10-16)13-19-14-18(3)11-7-8-12-18/h4-6,9-10,15,17,19H,7-8,11-14H2,1-3H3. The molecule has 1 fully saturated rings. The first-order valence-electron chi connectivity index (χ1n) is 7.86. The Labute approximate surface area is 118 Å². The van der Waals surface area contributed by atoms with E-state index >= 15 is 0 Å². The Morgan fingerprint density at radius 2 is 1.74 bits per heavy atom. The van der Waals surface area contributed by atoms with E-state index in [1.54, 1.807) is 0 Å². The van der Waals surface area contributed by atoms with Crippen molar-refractivity contribution in [3.8, 4) is 0 Å². The van der Waals surface area contributed by atoms with Crippen LogP contribution in [0.4, 0.5) is 0 Å². The molecule has 106 valence electrons. The van der Waals surface area contributed by atoms with E-state index in [0.717, 1.165) is 6.54 Å². The molecule has 1 aliphatic carbocycles. The van der Waals surface area contributed by atoms with E-state index in [1.807, 2.05) is 0 Å². The average Bonchev–Trinajstić information content (AvgIpc) is 2.82. The minimum Gasteiger partial charge on any atom is -0.316 e. The van der Waals surface area contributed by atoms with Crippen LogP contribution in [0.15, 0.2) is 30.3 Å². The third-order valence-electron chi connectivity index (χ3n) is 4.76. The van der Waals surface area contributed by atoms with Gasteiger partial charge in [-0.15, -0.1) is 0 Å². The third kappa shape index (κ3) is 4.07. The zero-order valence-electron chi connectivity index (χ0n) is 12.8. The molecule has 1 nitrogen and oxygen atoms in total. The van der Waals surface area contributed by atoms with E-state index in [-0.39, 0.29) is 0 Å². The first-order valence-corrected chi connectivity index (χ1v) is 7.86. The van der Waals surface area contributed by atoms with Gasteiger partial charge in [-0.2, -0.15) is 0 Å². The van der Waals surface area contributed by atoms with Crippen LogP contribution in [0.1, 0.15) is 57.9 Å². The fraction of sp³-hybridized carbons (Fsp3) is 0.667. The summed E-state index contributed by atoms with van der Waals surface area (Å²) in [5.74, 6) is 1.32. The largest absolute Gasteiger partial charge is 0.316 e. The Morgan fingerprint density at radius 1 is 1.11 bits per heavy atom. The van der Waals surface area contributed by atoms with Crippen molar-refractivity contribution >= 4 is 0 Å². The highest BCUT2D eigenvalue weighted by Gasteiger charge is 2.28. The van der Waals surface area contributed by atoms with Crippen molar-refractivity contribution in [3.63, 3.8) is 0 Å². The highest BCUT2D eigenvalue weighted by atomic mass is 14.9. The third-order valence-corrected chi connectivity index (χ3v) is 4.76. The fourth-order valence-corrected chi connectivity index (χ4v) is 3.37. The van der Waals surface area contributed by atoms with Crippen molar-refractivity contribution in [2.24, 2.45) is 11.3 Å². The molecule has 0 bridgehead atoms. The first kappa shape index (κ1) is 14.6. The molecule has 0 spiro atoms. The smallest absolute Gasteiger partial charge is 0.00228 e. The molecule has 1 aromatic rings. The van der Waals surface area contributed by atoms with Crippen LogP contribution in [-0.2, 0) is 0 Å². The molecule has 0 aliphatic heterocycles. The van der Waals surface area contributed by atoms with Crippen LogP contribution in [-0.4, -0.2) is 13.1 Å². The van der Waals surface area contributed by atoms with Gasteiger partial charge in [-0.3, -0.25) is 0 Å². The van der Waals surface area contributed by atoms with Gasteiger partial charge in [-0.25, -0.2) is 0 Å². The predicted molar refractivity (Wildman–Crippen MR) is 83.5 cm³/mol. The SMILES string of the molecule is CC(C)C(CNCC1(C)CCCC1)c1ccccc1. The topological polar surface area (TPSA) is 12.0 Å². The number of benzene rings is 1. The Morgan fingerprint density at radius 3 is 2.32 bits per heavy atom. The minimum absolute atomic E-state index is 0.554. The van der Waals surface area contributed by atoms with Crippen molar-refractivity contribution in [2.45, 2.75) is 52.4 Å².